The quantitative estimate of drug-likeness (QED) is 0.421. The van der Waals surface area contributed by atoms with Gasteiger partial charge >= 0.3 is 0 Å². The van der Waals surface area contributed by atoms with Crippen LogP contribution in [0.15, 0.2) is 60.2 Å². The molecule has 4 heterocycles. The number of piperazine rings is 1. The van der Waals surface area contributed by atoms with Gasteiger partial charge in [-0.15, -0.1) is 11.3 Å². The summed E-state index contributed by atoms with van der Waals surface area (Å²) in [6, 6.07) is 16.4. The molecule has 0 radical (unpaired) electrons. The number of aromatic amines is 1. The van der Waals surface area contributed by atoms with Crippen molar-refractivity contribution in [1.82, 2.24) is 24.4 Å². The minimum absolute atomic E-state index is 0.113. The van der Waals surface area contributed by atoms with Crippen molar-refractivity contribution in [3.8, 4) is 11.5 Å². The number of benzene rings is 2. The minimum Gasteiger partial charge on any atom is -0.358 e. The number of amides is 1. The van der Waals surface area contributed by atoms with Gasteiger partial charge in [-0.3, -0.25) is 4.79 Å². The molecule has 0 unspecified atom stereocenters. The largest absolute Gasteiger partial charge is 0.358 e. The number of hydrogen-bond donors (Lipinski definition) is 1. The number of nitrogens with zero attached hydrogens (tertiary/aromatic N) is 5. The molecule has 0 spiro atoms. The van der Waals surface area contributed by atoms with Crippen LogP contribution >= 0.6 is 11.3 Å². The summed E-state index contributed by atoms with van der Waals surface area (Å²) in [5.41, 5.74) is 6.95. The maximum atomic E-state index is 13.3. The Labute approximate surface area is 201 Å². The van der Waals surface area contributed by atoms with E-state index in [2.05, 4.69) is 44.7 Å². The Morgan fingerprint density at radius 3 is 2.82 bits per heavy atom. The highest BCUT2D eigenvalue weighted by atomic mass is 32.1. The number of aryl methyl sites for hydroxylation is 1. The molecule has 1 N–H and O–H groups in total. The number of hydrogen-bond acceptors (Lipinski definition) is 5. The summed E-state index contributed by atoms with van der Waals surface area (Å²) in [7, 11) is 2.03. The van der Waals surface area contributed by atoms with E-state index in [1.54, 1.807) is 11.3 Å². The fourth-order valence-corrected chi connectivity index (χ4v) is 5.87. The topological polar surface area (TPSA) is 70.1 Å². The maximum Gasteiger partial charge on any atom is 0.227 e. The summed E-state index contributed by atoms with van der Waals surface area (Å²) in [4.78, 5) is 30.4. The van der Waals surface area contributed by atoms with Crippen LogP contribution in [0, 0.1) is 0 Å². The first-order chi connectivity index (χ1) is 16.6. The number of fused-ring (bicyclic) bond motifs is 2. The molecule has 7 nitrogen and oxygen atoms in total. The number of carbonyl (C=O) groups excluding carboxylic acids is 1. The molecule has 0 aliphatic carbocycles. The van der Waals surface area contributed by atoms with Crippen LogP contribution in [-0.4, -0.2) is 56.0 Å². The van der Waals surface area contributed by atoms with Crippen LogP contribution < -0.4 is 4.90 Å². The van der Waals surface area contributed by atoms with Gasteiger partial charge in [0.1, 0.15) is 10.7 Å². The van der Waals surface area contributed by atoms with E-state index in [0.29, 0.717) is 13.0 Å². The molecule has 34 heavy (non-hydrogen) atoms. The van der Waals surface area contributed by atoms with E-state index in [1.807, 2.05) is 53.9 Å². The second-order valence-electron chi connectivity index (χ2n) is 8.95. The third kappa shape index (κ3) is 3.54. The molecule has 5 aromatic rings. The molecule has 0 bridgehead atoms. The SMILES string of the molecule is C[C@@H]1CN(c2scnc2-c2nc3ccccc3[nH]2)CCN1C(=O)Cc1cn(C)c2ccccc12. The van der Waals surface area contributed by atoms with Gasteiger partial charge in [0.15, 0.2) is 5.82 Å². The van der Waals surface area contributed by atoms with E-state index in [4.69, 9.17) is 4.98 Å². The first-order valence-corrected chi connectivity index (χ1v) is 12.4. The monoisotopic (exact) mass is 470 g/mol. The molecule has 8 heteroatoms. The van der Waals surface area contributed by atoms with Crippen LogP contribution in [0.3, 0.4) is 0 Å². The van der Waals surface area contributed by atoms with Gasteiger partial charge in [-0.25, -0.2) is 9.97 Å². The molecular weight excluding hydrogens is 444 g/mol. The van der Waals surface area contributed by atoms with Crippen LogP contribution in [0.5, 0.6) is 0 Å². The second kappa shape index (κ2) is 8.29. The summed E-state index contributed by atoms with van der Waals surface area (Å²) in [5.74, 6) is 0.977. The number of imidazole rings is 1. The van der Waals surface area contributed by atoms with Gasteiger partial charge in [-0.1, -0.05) is 30.3 Å². The molecule has 1 fully saturated rings. The van der Waals surface area contributed by atoms with Crippen LogP contribution in [0.1, 0.15) is 12.5 Å². The summed E-state index contributed by atoms with van der Waals surface area (Å²) in [6.45, 7) is 4.38. The third-order valence-corrected chi connectivity index (χ3v) is 7.60. The third-order valence-electron chi connectivity index (χ3n) is 6.72. The number of para-hydroxylation sites is 3. The van der Waals surface area contributed by atoms with Crippen molar-refractivity contribution in [3.63, 3.8) is 0 Å². The zero-order valence-corrected chi connectivity index (χ0v) is 20.0. The number of H-pyrrole nitrogens is 1. The lowest BCUT2D eigenvalue weighted by Crippen LogP contribution is -2.54. The highest BCUT2D eigenvalue weighted by Gasteiger charge is 2.30. The van der Waals surface area contributed by atoms with Gasteiger partial charge in [-0.05, 0) is 30.7 Å². The van der Waals surface area contributed by atoms with Gasteiger partial charge in [-0.2, -0.15) is 0 Å². The van der Waals surface area contributed by atoms with Gasteiger partial charge in [0.05, 0.1) is 23.0 Å². The van der Waals surface area contributed by atoms with E-state index >= 15 is 0 Å². The molecule has 0 saturated carbocycles. The van der Waals surface area contributed by atoms with Crippen LogP contribution in [0.25, 0.3) is 33.5 Å². The molecule has 2 aromatic carbocycles. The van der Waals surface area contributed by atoms with Crippen LogP contribution in [-0.2, 0) is 18.3 Å². The number of nitrogens with one attached hydrogen (secondary N) is 1. The Bertz CT molecular complexity index is 1460. The number of rotatable bonds is 4. The Morgan fingerprint density at radius 2 is 1.97 bits per heavy atom. The molecule has 1 amide bonds. The second-order valence-corrected chi connectivity index (χ2v) is 9.78. The molecule has 1 atom stereocenters. The summed E-state index contributed by atoms with van der Waals surface area (Å²) >= 11 is 1.63. The van der Waals surface area contributed by atoms with E-state index in [-0.39, 0.29) is 11.9 Å². The normalized spacial score (nSPS) is 16.6. The first-order valence-electron chi connectivity index (χ1n) is 11.5. The number of thiazole rings is 1. The van der Waals surface area contributed by atoms with E-state index in [0.717, 1.165) is 57.1 Å². The molecule has 1 saturated heterocycles. The zero-order valence-electron chi connectivity index (χ0n) is 19.2. The predicted molar refractivity (Wildman–Crippen MR) is 137 cm³/mol. The van der Waals surface area contributed by atoms with E-state index in [9.17, 15) is 4.79 Å². The van der Waals surface area contributed by atoms with Gasteiger partial charge < -0.3 is 19.4 Å². The van der Waals surface area contributed by atoms with E-state index < -0.39 is 0 Å². The van der Waals surface area contributed by atoms with Crippen molar-refractivity contribution >= 4 is 44.2 Å². The van der Waals surface area contributed by atoms with Crippen LogP contribution in [0.2, 0.25) is 0 Å². The average Bonchev–Trinajstić information content (AvgIpc) is 3.56. The summed E-state index contributed by atoms with van der Waals surface area (Å²) in [5, 5.41) is 2.26. The standard InChI is InChI=1S/C26H26N6OS/c1-17-14-31(26-24(27-16-34-26)25-28-20-8-4-5-9-21(20)29-25)11-12-32(17)23(33)13-18-15-30(2)22-10-6-3-7-19(18)22/h3-10,15-17H,11-14H2,1-2H3,(H,28,29)/t17-/m1/s1. The molecule has 6 rings (SSSR count). The highest BCUT2D eigenvalue weighted by molar-refractivity contribution is 7.14. The summed E-state index contributed by atoms with van der Waals surface area (Å²) in [6.07, 6.45) is 2.51. The smallest absolute Gasteiger partial charge is 0.227 e. The first kappa shape index (κ1) is 20.9. The Morgan fingerprint density at radius 1 is 1.15 bits per heavy atom. The molecule has 1 aliphatic heterocycles. The van der Waals surface area contributed by atoms with Crippen molar-refractivity contribution in [2.24, 2.45) is 7.05 Å². The Balaban J connectivity index is 1.19. The lowest BCUT2D eigenvalue weighted by molar-refractivity contribution is -0.132. The fraction of sp³-hybridized carbons (Fsp3) is 0.269. The van der Waals surface area contributed by atoms with Crippen molar-refractivity contribution in [1.29, 1.82) is 0 Å². The maximum absolute atomic E-state index is 13.3. The highest BCUT2D eigenvalue weighted by Crippen LogP contribution is 2.34. The molecule has 172 valence electrons. The molecular formula is C26H26N6OS. The fourth-order valence-electron chi connectivity index (χ4n) is 5.04. The Kier molecular flexibility index (Phi) is 5.10. The zero-order chi connectivity index (χ0) is 23.2. The van der Waals surface area contributed by atoms with Crippen molar-refractivity contribution in [3.05, 3.63) is 65.8 Å². The average molecular weight is 471 g/mol. The van der Waals surface area contributed by atoms with Crippen molar-refractivity contribution in [2.75, 3.05) is 24.5 Å². The molecule has 3 aromatic heterocycles. The van der Waals surface area contributed by atoms with Crippen molar-refractivity contribution in [2.45, 2.75) is 19.4 Å². The Hall–Kier alpha value is -3.65. The number of anilines is 1. The minimum atomic E-state index is 0.113. The summed E-state index contributed by atoms with van der Waals surface area (Å²) < 4.78 is 2.10. The predicted octanol–water partition coefficient (Wildman–Crippen LogP) is 4.46. The van der Waals surface area contributed by atoms with Crippen LogP contribution in [0.4, 0.5) is 5.00 Å². The van der Waals surface area contributed by atoms with Gasteiger partial charge in [0.25, 0.3) is 0 Å². The number of aromatic nitrogens is 4. The lowest BCUT2D eigenvalue weighted by Gasteiger charge is -2.40. The molecule has 1 aliphatic rings. The number of carbonyl (C=O) groups is 1. The van der Waals surface area contributed by atoms with Gasteiger partial charge in [0, 0.05) is 49.8 Å². The lowest BCUT2D eigenvalue weighted by atomic mass is 10.1. The van der Waals surface area contributed by atoms with Crippen molar-refractivity contribution < 1.29 is 4.79 Å². The van der Waals surface area contributed by atoms with E-state index in [1.165, 1.54) is 0 Å². The van der Waals surface area contributed by atoms with Gasteiger partial charge in [0.2, 0.25) is 5.91 Å².